The molecule has 6 heteroatoms. The molecule has 0 aliphatic heterocycles. The quantitative estimate of drug-likeness (QED) is 0.735. The van der Waals surface area contributed by atoms with Gasteiger partial charge in [-0.2, -0.15) is 13.2 Å². The standard InChI is InChI=1S/C12H14Cl2F3N/c1-9-2-3-10(11(14)6-9)7-18(5-4-13)8-12(15,16)17/h2-3,6H,4-5,7-8H2,1H3. The summed E-state index contributed by atoms with van der Waals surface area (Å²) in [7, 11) is 0. The van der Waals surface area contributed by atoms with Gasteiger partial charge in [0.05, 0.1) is 6.54 Å². The number of benzene rings is 1. The first-order chi connectivity index (χ1) is 8.31. The molecule has 0 N–H and O–H groups in total. The molecule has 1 aromatic rings. The monoisotopic (exact) mass is 299 g/mol. The van der Waals surface area contributed by atoms with Crippen molar-refractivity contribution in [3.05, 3.63) is 34.3 Å². The lowest BCUT2D eigenvalue weighted by Crippen LogP contribution is -2.35. The summed E-state index contributed by atoms with van der Waals surface area (Å²) in [6, 6.07) is 5.31. The van der Waals surface area contributed by atoms with Gasteiger partial charge in [0, 0.05) is 24.0 Å². The van der Waals surface area contributed by atoms with Crippen molar-refractivity contribution in [2.24, 2.45) is 0 Å². The van der Waals surface area contributed by atoms with E-state index in [-0.39, 0.29) is 19.0 Å². The van der Waals surface area contributed by atoms with Gasteiger partial charge < -0.3 is 0 Å². The first-order valence-electron chi connectivity index (χ1n) is 5.42. The van der Waals surface area contributed by atoms with Crippen LogP contribution < -0.4 is 0 Å². The lowest BCUT2D eigenvalue weighted by atomic mass is 10.1. The summed E-state index contributed by atoms with van der Waals surface area (Å²) in [6.07, 6.45) is -4.23. The van der Waals surface area contributed by atoms with Crippen LogP contribution in [0.25, 0.3) is 0 Å². The van der Waals surface area contributed by atoms with Gasteiger partial charge in [0.25, 0.3) is 0 Å². The minimum absolute atomic E-state index is 0.144. The topological polar surface area (TPSA) is 3.24 Å². The van der Waals surface area contributed by atoms with E-state index in [9.17, 15) is 13.2 Å². The lowest BCUT2D eigenvalue weighted by molar-refractivity contribution is -0.146. The molecule has 0 amide bonds. The average Bonchev–Trinajstić information content (AvgIpc) is 2.20. The third-order valence-corrected chi connectivity index (χ3v) is 2.93. The van der Waals surface area contributed by atoms with E-state index >= 15 is 0 Å². The molecule has 0 aliphatic rings. The first kappa shape index (κ1) is 15.6. The number of hydrogen-bond donors (Lipinski definition) is 0. The van der Waals surface area contributed by atoms with E-state index < -0.39 is 12.7 Å². The molecular formula is C12H14Cl2F3N. The van der Waals surface area contributed by atoms with Gasteiger partial charge >= 0.3 is 6.18 Å². The van der Waals surface area contributed by atoms with E-state index in [0.29, 0.717) is 10.6 Å². The maximum Gasteiger partial charge on any atom is 0.401 e. The van der Waals surface area contributed by atoms with Crippen LogP contribution in [-0.2, 0) is 6.54 Å². The molecule has 0 radical (unpaired) electrons. The van der Waals surface area contributed by atoms with Crippen molar-refractivity contribution in [3.63, 3.8) is 0 Å². The summed E-state index contributed by atoms with van der Waals surface area (Å²) >= 11 is 11.5. The maximum absolute atomic E-state index is 12.4. The molecule has 0 unspecified atom stereocenters. The highest BCUT2D eigenvalue weighted by Gasteiger charge is 2.30. The van der Waals surface area contributed by atoms with Crippen LogP contribution in [0.15, 0.2) is 18.2 Å². The molecule has 0 saturated heterocycles. The highest BCUT2D eigenvalue weighted by molar-refractivity contribution is 6.31. The molecule has 0 atom stereocenters. The molecule has 102 valence electrons. The average molecular weight is 300 g/mol. The fourth-order valence-electron chi connectivity index (χ4n) is 1.61. The zero-order valence-corrected chi connectivity index (χ0v) is 11.4. The Morgan fingerprint density at radius 3 is 2.44 bits per heavy atom. The number of alkyl halides is 4. The van der Waals surface area contributed by atoms with Crippen LogP contribution in [0, 0.1) is 6.92 Å². The first-order valence-corrected chi connectivity index (χ1v) is 6.33. The molecule has 0 saturated carbocycles. The van der Waals surface area contributed by atoms with Gasteiger partial charge in [-0.25, -0.2) is 0 Å². The van der Waals surface area contributed by atoms with Crippen LogP contribution in [-0.4, -0.2) is 30.0 Å². The minimum Gasteiger partial charge on any atom is -0.289 e. The molecule has 1 nitrogen and oxygen atoms in total. The van der Waals surface area contributed by atoms with Gasteiger partial charge in [-0.3, -0.25) is 4.90 Å². The summed E-state index contributed by atoms with van der Waals surface area (Å²) in [4.78, 5) is 1.24. The molecule has 1 aromatic carbocycles. The predicted molar refractivity (Wildman–Crippen MR) is 68.2 cm³/mol. The molecule has 0 spiro atoms. The number of rotatable bonds is 5. The maximum atomic E-state index is 12.4. The van der Waals surface area contributed by atoms with Crippen LogP contribution in [0.1, 0.15) is 11.1 Å². The highest BCUT2D eigenvalue weighted by Crippen LogP contribution is 2.22. The predicted octanol–water partition coefficient (Wildman–Crippen LogP) is 4.25. The molecule has 0 fully saturated rings. The van der Waals surface area contributed by atoms with Crippen molar-refractivity contribution in [3.8, 4) is 0 Å². The molecular weight excluding hydrogens is 286 g/mol. The van der Waals surface area contributed by atoms with Crippen LogP contribution in [0.2, 0.25) is 5.02 Å². The summed E-state index contributed by atoms with van der Waals surface area (Å²) in [5.41, 5.74) is 1.65. The zero-order valence-electron chi connectivity index (χ0n) is 9.90. The summed E-state index contributed by atoms with van der Waals surface area (Å²) < 4.78 is 37.1. The van der Waals surface area contributed by atoms with Crippen molar-refractivity contribution in [1.29, 1.82) is 0 Å². The van der Waals surface area contributed by atoms with Gasteiger partial charge in [-0.05, 0) is 24.1 Å². The second kappa shape index (κ2) is 6.64. The smallest absolute Gasteiger partial charge is 0.289 e. The molecule has 0 heterocycles. The van der Waals surface area contributed by atoms with E-state index in [2.05, 4.69) is 0 Å². The van der Waals surface area contributed by atoms with Crippen molar-refractivity contribution in [2.75, 3.05) is 19.0 Å². The van der Waals surface area contributed by atoms with E-state index in [1.807, 2.05) is 13.0 Å². The van der Waals surface area contributed by atoms with Gasteiger partial charge in [-0.1, -0.05) is 23.7 Å². The van der Waals surface area contributed by atoms with Gasteiger partial charge in [0.2, 0.25) is 0 Å². The third kappa shape index (κ3) is 5.46. The Balaban J connectivity index is 2.76. The number of halogens is 5. The summed E-state index contributed by atoms with van der Waals surface area (Å²) in [6.45, 7) is 1.21. The molecule has 0 aromatic heterocycles. The van der Waals surface area contributed by atoms with Crippen LogP contribution in [0.5, 0.6) is 0 Å². The van der Waals surface area contributed by atoms with Crippen molar-refractivity contribution < 1.29 is 13.2 Å². The summed E-state index contributed by atoms with van der Waals surface area (Å²) in [5.74, 6) is 0.152. The Kier molecular flexibility index (Phi) is 5.76. The van der Waals surface area contributed by atoms with Gasteiger partial charge in [0.15, 0.2) is 0 Å². The number of aryl methyl sites for hydroxylation is 1. The fourth-order valence-corrected chi connectivity index (χ4v) is 2.14. The van der Waals surface area contributed by atoms with Gasteiger partial charge in [-0.15, -0.1) is 11.6 Å². The van der Waals surface area contributed by atoms with E-state index in [0.717, 1.165) is 5.56 Å². The molecule has 0 aliphatic carbocycles. The number of hydrogen-bond acceptors (Lipinski definition) is 1. The molecule has 18 heavy (non-hydrogen) atoms. The second-order valence-corrected chi connectivity index (χ2v) is 4.89. The normalized spacial score (nSPS) is 12.2. The van der Waals surface area contributed by atoms with Crippen molar-refractivity contribution >= 4 is 23.2 Å². The zero-order chi connectivity index (χ0) is 13.8. The molecule has 1 rings (SSSR count). The van der Waals surface area contributed by atoms with Crippen LogP contribution in [0.3, 0.4) is 0 Å². The Labute approximate surface area is 114 Å². The van der Waals surface area contributed by atoms with Crippen molar-refractivity contribution in [1.82, 2.24) is 4.90 Å². The highest BCUT2D eigenvalue weighted by atomic mass is 35.5. The van der Waals surface area contributed by atoms with E-state index in [4.69, 9.17) is 23.2 Å². The summed E-state index contributed by atoms with van der Waals surface area (Å²) in [5, 5.41) is 0.483. The second-order valence-electron chi connectivity index (χ2n) is 4.11. The number of nitrogens with zero attached hydrogens (tertiary/aromatic N) is 1. The lowest BCUT2D eigenvalue weighted by Gasteiger charge is -2.23. The van der Waals surface area contributed by atoms with Crippen LogP contribution >= 0.6 is 23.2 Å². The Morgan fingerprint density at radius 2 is 1.94 bits per heavy atom. The fraction of sp³-hybridized carbons (Fsp3) is 0.500. The SMILES string of the molecule is Cc1ccc(CN(CCCl)CC(F)(F)F)c(Cl)c1. The Bertz CT molecular complexity index is 393. The van der Waals surface area contributed by atoms with Crippen LogP contribution in [0.4, 0.5) is 13.2 Å². The third-order valence-electron chi connectivity index (χ3n) is 2.41. The van der Waals surface area contributed by atoms with Gasteiger partial charge in [0.1, 0.15) is 0 Å². The van der Waals surface area contributed by atoms with Crippen molar-refractivity contribution in [2.45, 2.75) is 19.6 Å². The molecule has 0 bridgehead atoms. The van der Waals surface area contributed by atoms with E-state index in [1.54, 1.807) is 12.1 Å². The largest absolute Gasteiger partial charge is 0.401 e. The Hall–Kier alpha value is -0.450. The Morgan fingerprint density at radius 1 is 1.28 bits per heavy atom. The minimum atomic E-state index is -4.23. The van der Waals surface area contributed by atoms with E-state index in [1.165, 1.54) is 4.90 Å².